The monoisotopic (exact) mass is 290 g/mol. The molecule has 0 amide bonds. The Balaban J connectivity index is 1.93. The normalized spacial score (nSPS) is 18.9. The van der Waals surface area contributed by atoms with Crippen molar-refractivity contribution < 1.29 is 9.13 Å². The summed E-state index contributed by atoms with van der Waals surface area (Å²) in [7, 11) is 2.17. The van der Waals surface area contributed by atoms with Gasteiger partial charge in [0.1, 0.15) is 11.6 Å². The molecule has 0 radical (unpaired) electrons. The molecular weight excluding hydrogens is 267 g/mol. The van der Waals surface area contributed by atoms with Gasteiger partial charge in [0.25, 0.3) is 0 Å². The molecule has 114 valence electrons. The summed E-state index contributed by atoms with van der Waals surface area (Å²) >= 11 is 0. The number of hydrogen-bond donors (Lipinski definition) is 1. The minimum absolute atomic E-state index is 0.253. The fraction of sp³-hybridized carbons (Fsp3) is 0.529. The summed E-state index contributed by atoms with van der Waals surface area (Å²) in [6, 6.07) is 5.01. The molecule has 0 aromatic heterocycles. The van der Waals surface area contributed by atoms with Crippen molar-refractivity contribution in [3.05, 3.63) is 29.6 Å². The zero-order valence-electron chi connectivity index (χ0n) is 12.6. The SMILES string of the molecule is CN1CCCCC1CCOc1ccc(F)cc1C#CCN. The predicted molar refractivity (Wildman–Crippen MR) is 82.7 cm³/mol. The molecule has 1 unspecified atom stereocenters. The van der Waals surface area contributed by atoms with E-state index in [-0.39, 0.29) is 12.4 Å². The van der Waals surface area contributed by atoms with Crippen LogP contribution in [0.25, 0.3) is 0 Å². The molecule has 1 aliphatic rings. The van der Waals surface area contributed by atoms with Gasteiger partial charge in [0.05, 0.1) is 18.7 Å². The van der Waals surface area contributed by atoms with Gasteiger partial charge in [-0.2, -0.15) is 0 Å². The van der Waals surface area contributed by atoms with E-state index in [9.17, 15) is 4.39 Å². The van der Waals surface area contributed by atoms with Crippen LogP contribution in [0.5, 0.6) is 5.75 Å². The Bertz CT molecular complexity index is 521. The number of ether oxygens (including phenoxy) is 1. The fourth-order valence-electron chi connectivity index (χ4n) is 2.69. The lowest BCUT2D eigenvalue weighted by Gasteiger charge is -2.32. The quantitative estimate of drug-likeness (QED) is 0.865. The second-order valence-electron chi connectivity index (χ2n) is 5.41. The van der Waals surface area contributed by atoms with Crippen molar-refractivity contribution in [3.8, 4) is 17.6 Å². The Hall–Kier alpha value is -1.57. The molecule has 4 heteroatoms. The van der Waals surface area contributed by atoms with E-state index in [1.54, 1.807) is 6.07 Å². The first-order chi connectivity index (χ1) is 10.2. The third-order valence-electron chi connectivity index (χ3n) is 3.90. The zero-order chi connectivity index (χ0) is 15.1. The lowest BCUT2D eigenvalue weighted by atomic mass is 10.0. The van der Waals surface area contributed by atoms with Gasteiger partial charge >= 0.3 is 0 Å². The van der Waals surface area contributed by atoms with E-state index in [0.29, 0.717) is 24.0 Å². The zero-order valence-corrected chi connectivity index (χ0v) is 12.6. The number of rotatable bonds is 4. The van der Waals surface area contributed by atoms with E-state index in [2.05, 4.69) is 23.8 Å². The topological polar surface area (TPSA) is 38.5 Å². The standard InChI is InChI=1S/C17H23FN2O/c1-20-11-3-2-6-16(20)9-12-21-17-8-7-15(18)13-14(17)5-4-10-19/h7-8,13,16H,2-3,6,9-12,19H2,1H3. The Labute approximate surface area is 126 Å². The van der Waals surface area contributed by atoms with E-state index in [4.69, 9.17) is 10.5 Å². The van der Waals surface area contributed by atoms with Gasteiger partial charge in [0, 0.05) is 6.04 Å². The minimum atomic E-state index is -0.310. The maximum atomic E-state index is 13.3. The Morgan fingerprint density at radius 1 is 1.43 bits per heavy atom. The first kappa shape index (κ1) is 15.8. The van der Waals surface area contributed by atoms with Crippen molar-refractivity contribution >= 4 is 0 Å². The summed E-state index contributed by atoms with van der Waals surface area (Å²) < 4.78 is 19.1. The first-order valence-electron chi connectivity index (χ1n) is 7.52. The van der Waals surface area contributed by atoms with Gasteiger partial charge < -0.3 is 15.4 Å². The summed E-state index contributed by atoms with van der Waals surface area (Å²) in [5.74, 6) is 5.93. The summed E-state index contributed by atoms with van der Waals surface area (Å²) in [6.07, 6.45) is 4.78. The van der Waals surface area contributed by atoms with Crippen LogP contribution >= 0.6 is 0 Å². The van der Waals surface area contributed by atoms with Crippen LogP contribution in [0.1, 0.15) is 31.2 Å². The van der Waals surface area contributed by atoms with Crippen molar-refractivity contribution in [2.24, 2.45) is 5.73 Å². The number of nitrogens with zero attached hydrogens (tertiary/aromatic N) is 1. The molecule has 3 nitrogen and oxygen atoms in total. The lowest BCUT2D eigenvalue weighted by molar-refractivity contribution is 0.153. The van der Waals surface area contributed by atoms with Crippen molar-refractivity contribution in [2.75, 3.05) is 26.7 Å². The first-order valence-corrected chi connectivity index (χ1v) is 7.52. The number of benzene rings is 1. The van der Waals surface area contributed by atoms with E-state index in [0.717, 1.165) is 13.0 Å². The average Bonchev–Trinajstić information content (AvgIpc) is 2.49. The average molecular weight is 290 g/mol. The molecule has 1 fully saturated rings. The molecule has 0 aliphatic carbocycles. The van der Waals surface area contributed by atoms with Gasteiger partial charge in [-0.3, -0.25) is 0 Å². The molecule has 0 spiro atoms. The van der Waals surface area contributed by atoms with Crippen LogP contribution in [0.15, 0.2) is 18.2 Å². The maximum Gasteiger partial charge on any atom is 0.135 e. The van der Waals surface area contributed by atoms with E-state index in [1.165, 1.54) is 31.4 Å². The molecule has 1 aliphatic heterocycles. The van der Waals surface area contributed by atoms with E-state index in [1.807, 2.05) is 0 Å². The smallest absolute Gasteiger partial charge is 0.135 e. The molecule has 1 aromatic carbocycles. The lowest BCUT2D eigenvalue weighted by Crippen LogP contribution is -2.37. The van der Waals surface area contributed by atoms with Crippen LogP contribution in [0.4, 0.5) is 4.39 Å². The van der Waals surface area contributed by atoms with Gasteiger partial charge in [-0.15, -0.1) is 0 Å². The van der Waals surface area contributed by atoms with Crippen molar-refractivity contribution in [2.45, 2.75) is 31.7 Å². The van der Waals surface area contributed by atoms with Gasteiger partial charge in [0.15, 0.2) is 0 Å². The Kier molecular flexibility index (Phi) is 6.04. The predicted octanol–water partition coefficient (Wildman–Crippen LogP) is 2.39. The highest BCUT2D eigenvalue weighted by Crippen LogP contribution is 2.21. The maximum absolute atomic E-state index is 13.3. The summed E-state index contributed by atoms with van der Waals surface area (Å²) in [5.41, 5.74) is 5.93. The summed E-state index contributed by atoms with van der Waals surface area (Å²) in [5, 5.41) is 0. The molecule has 1 atom stereocenters. The summed E-state index contributed by atoms with van der Waals surface area (Å²) in [6.45, 7) is 2.04. The highest BCUT2D eigenvalue weighted by Gasteiger charge is 2.18. The highest BCUT2D eigenvalue weighted by atomic mass is 19.1. The van der Waals surface area contributed by atoms with Crippen LogP contribution in [0.3, 0.4) is 0 Å². The van der Waals surface area contributed by atoms with Gasteiger partial charge in [-0.1, -0.05) is 18.3 Å². The molecule has 0 saturated carbocycles. The molecule has 2 N–H and O–H groups in total. The van der Waals surface area contributed by atoms with Crippen LogP contribution in [-0.2, 0) is 0 Å². The fourth-order valence-corrected chi connectivity index (χ4v) is 2.69. The number of halogens is 1. The van der Waals surface area contributed by atoms with Crippen molar-refractivity contribution in [1.82, 2.24) is 4.90 Å². The molecule has 1 aromatic rings. The summed E-state index contributed by atoms with van der Waals surface area (Å²) in [4.78, 5) is 2.40. The second kappa shape index (κ2) is 8.02. The van der Waals surface area contributed by atoms with Crippen LogP contribution < -0.4 is 10.5 Å². The highest BCUT2D eigenvalue weighted by molar-refractivity contribution is 5.46. The van der Waals surface area contributed by atoms with Gasteiger partial charge in [-0.05, 0) is 51.1 Å². The third kappa shape index (κ3) is 4.73. The third-order valence-corrected chi connectivity index (χ3v) is 3.90. The van der Waals surface area contributed by atoms with Crippen molar-refractivity contribution in [3.63, 3.8) is 0 Å². The Morgan fingerprint density at radius 2 is 2.29 bits per heavy atom. The van der Waals surface area contributed by atoms with E-state index < -0.39 is 0 Å². The number of hydrogen-bond acceptors (Lipinski definition) is 3. The van der Waals surface area contributed by atoms with Crippen LogP contribution in [0, 0.1) is 17.7 Å². The largest absolute Gasteiger partial charge is 0.492 e. The molecule has 21 heavy (non-hydrogen) atoms. The minimum Gasteiger partial charge on any atom is -0.492 e. The molecule has 0 bridgehead atoms. The molecule has 1 saturated heterocycles. The van der Waals surface area contributed by atoms with Crippen LogP contribution in [-0.4, -0.2) is 37.7 Å². The number of likely N-dealkylation sites (tertiary alicyclic amines) is 1. The number of piperidine rings is 1. The van der Waals surface area contributed by atoms with Gasteiger partial charge in [0.2, 0.25) is 0 Å². The van der Waals surface area contributed by atoms with Gasteiger partial charge in [-0.25, -0.2) is 4.39 Å². The number of nitrogens with two attached hydrogens (primary N) is 1. The molecule has 2 rings (SSSR count). The molecule has 1 heterocycles. The van der Waals surface area contributed by atoms with Crippen LogP contribution in [0.2, 0.25) is 0 Å². The second-order valence-corrected chi connectivity index (χ2v) is 5.41. The Morgan fingerprint density at radius 3 is 3.05 bits per heavy atom. The van der Waals surface area contributed by atoms with Crippen molar-refractivity contribution in [1.29, 1.82) is 0 Å². The molecular formula is C17H23FN2O. The van der Waals surface area contributed by atoms with E-state index >= 15 is 0 Å².